The van der Waals surface area contributed by atoms with Gasteiger partial charge in [-0.1, -0.05) is 12.0 Å². The molecule has 0 radical (unpaired) electrons. The van der Waals surface area contributed by atoms with Gasteiger partial charge in [0, 0.05) is 6.92 Å². The Morgan fingerprint density at radius 1 is 1.29 bits per heavy atom. The van der Waals surface area contributed by atoms with E-state index < -0.39 is 11.7 Å². The quantitative estimate of drug-likeness (QED) is 0.633. The zero-order valence-electron chi connectivity index (χ0n) is 7.35. The standard InChI is InChI=1S/C10H7F3O/c1-2-6-14-9-5-3-4-8(7-9)10(11,12)13/h3-5,7H,1H3. The van der Waals surface area contributed by atoms with E-state index in [0.717, 1.165) is 12.1 Å². The Kier molecular flexibility index (Phi) is 3.03. The van der Waals surface area contributed by atoms with Crippen molar-refractivity contribution in [1.82, 2.24) is 0 Å². The Balaban J connectivity index is 2.93. The van der Waals surface area contributed by atoms with E-state index in [1.165, 1.54) is 19.1 Å². The molecule has 0 aliphatic carbocycles. The van der Waals surface area contributed by atoms with Crippen molar-refractivity contribution in [2.75, 3.05) is 0 Å². The van der Waals surface area contributed by atoms with Crippen LogP contribution in [0.15, 0.2) is 24.3 Å². The zero-order chi connectivity index (χ0) is 10.6. The number of rotatable bonds is 1. The summed E-state index contributed by atoms with van der Waals surface area (Å²) < 4.78 is 41.3. The molecule has 0 aromatic heterocycles. The summed E-state index contributed by atoms with van der Waals surface area (Å²) in [5.74, 6) is 2.51. The smallest absolute Gasteiger partial charge is 0.408 e. The number of hydrogen-bond acceptors (Lipinski definition) is 1. The van der Waals surface area contributed by atoms with Gasteiger partial charge in [-0.15, -0.1) is 0 Å². The van der Waals surface area contributed by atoms with Crippen LogP contribution in [-0.2, 0) is 6.18 Å². The van der Waals surface area contributed by atoms with E-state index in [0.29, 0.717) is 0 Å². The minimum absolute atomic E-state index is 0.0918. The molecule has 0 saturated heterocycles. The Bertz CT molecular complexity index is 371. The molecule has 4 heteroatoms. The molecular formula is C10H7F3O. The Hall–Kier alpha value is -1.63. The summed E-state index contributed by atoms with van der Waals surface area (Å²) in [6.45, 7) is 1.54. The fraction of sp³-hybridized carbons (Fsp3) is 0.200. The first-order valence-corrected chi connectivity index (χ1v) is 3.80. The lowest BCUT2D eigenvalue weighted by molar-refractivity contribution is -0.137. The van der Waals surface area contributed by atoms with Gasteiger partial charge in [0.15, 0.2) is 0 Å². The van der Waals surface area contributed by atoms with Crippen LogP contribution in [0.4, 0.5) is 13.2 Å². The van der Waals surface area contributed by atoms with Gasteiger partial charge in [0.05, 0.1) is 5.56 Å². The normalized spacial score (nSPS) is 10.3. The highest BCUT2D eigenvalue weighted by molar-refractivity contribution is 5.31. The molecule has 1 rings (SSSR count). The molecule has 0 spiro atoms. The van der Waals surface area contributed by atoms with Crippen molar-refractivity contribution in [1.29, 1.82) is 0 Å². The lowest BCUT2D eigenvalue weighted by Crippen LogP contribution is -2.04. The van der Waals surface area contributed by atoms with Gasteiger partial charge in [-0.05, 0) is 18.2 Å². The van der Waals surface area contributed by atoms with Crippen molar-refractivity contribution >= 4 is 0 Å². The fourth-order valence-electron chi connectivity index (χ4n) is 0.846. The lowest BCUT2D eigenvalue weighted by atomic mass is 10.2. The maximum Gasteiger partial charge on any atom is 0.416 e. The van der Waals surface area contributed by atoms with Crippen LogP contribution in [0.3, 0.4) is 0 Å². The zero-order valence-corrected chi connectivity index (χ0v) is 7.35. The molecule has 1 aromatic rings. The van der Waals surface area contributed by atoms with Crippen LogP contribution in [0.2, 0.25) is 0 Å². The summed E-state index contributed by atoms with van der Waals surface area (Å²) in [4.78, 5) is 0. The second-order valence-electron chi connectivity index (χ2n) is 2.48. The highest BCUT2D eigenvalue weighted by Crippen LogP contribution is 2.31. The van der Waals surface area contributed by atoms with E-state index in [1.807, 2.05) is 0 Å². The van der Waals surface area contributed by atoms with E-state index in [2.05, 4.69) is 12.0 Å². The Morgan fingerprint density at radius 2 is 2.00 bits per heavy atom. The second kappa shape index (κ2) is 4.05. The Labute approximate surface area is 79.5 Å². The predicted octanol–water partition coefficient (Wildman–Crippen LogP) is 3.07. The molecule has 0 unspecified atom stereocenters. The van der Waals surface area contributed by atoms with E-state index in [9.17, 15) is 13.2 Å². The molecule has 0 bridgehead atoms. The summed E-state index contributed by atoms with van der Waals surface area (Å²) >= 11 is 0. The highest BCUT2D eigenvalue weighted by Gasteiger charge is 2.30. The van der Waals surface area contributed by atoms with Crippen LogP contribution in [-0.4, -0.2) is 0 Å². The fourth-order valence-corrected chi connectivity index (χ4v) is 0.846. The topological polar surface area (TPSA) is 9.23 Å². The van der Waals surface area contributed by atoms with Crippen molar-refractivity contribution in [2.24, 2.45) is 0 Å². The van der Waals surface area contributed by atoms with E-state index in [4.69, 9.17) is 4.74 Å². The molecule has 0 heterocycles. The molecule has 74 valence electrons. The number of benzene rings is 1. The molecule has 0 aliphatic rings. The van der Waals surface area contributed by atoms with Crippen LogP contribution < -0.4 is 4.74 Å². The van der Waals surface area contributed by atoms with Crippen molar-refractivity contribution in [2.45, 2.75) is 13.1 Å². The molecule has 1 nitrogen and oxygen atoms in total. The van der Waals surface area contributed by atoms with Gasteiger partial charge in [0.1, 0.15) is 11.9 Å². The van der Waals surface area contributed by atoms with Crippen LogP contribution in [0.25, 0.3) is 0 Å². The maximum absolute atomic E-state index is 12.2. The van der Waals surface area contributed by atoms with Crippen molar-refractivity contribution in [3.05, 3.63) is 29.8 Å². The lowest BCUT2D eigenvalue weighted by Gasteiger charge is -2.06. The second-order valence-corrected chi connectivity index (χ2v) is 2.48. The molecule has 0 N–H and O–H groups in total. The number of alkyl halides is 3. The van der Waals surface area contributed by atoms with Gasteiger partial charge in [-0.3, -0.25) is 0 Å². The van der Waals surface area contributed by atoms with E-state index >= 15 is 0 Å². The first-order valence-electron chi connectivity index (χ1n) is 3.80. The number of ether oxygens (including phenoxy) is 1. The predicted molar refractivity (Wildman–Crippen MR) is 45.5 cm³/mol. The molecular weight excluding hydrogens is 193 g/mol. The van der Waals surface area contributed by atoms with Crippen LogP contribution >= 0.6 is 0 Å². The van der Waals surface area contributed by atoms with Crippen LogP contribution in [0.5, 0.6) is 5.75 Å². The van der Waals surface area contributed by atoms with Gasteiger partial charge in [-0.25, -0.2) is 0 Å². The molecule has 1 aromatic carbocycles. The van der Waals surface area contributed by atoms with Crippen molar-refractivity contribution in [3.8, 4) is 17.8 Å². The first-order chi connectivity index (χ1) is 6.54. The number of halogens is 3. The maximum atomic E-state index is 12.2. The molecule has 0 saturated carbocycles. The van der Waals surface area contributed by atoms with Gasteiger partial charge >= 0.3 is 6.18 Å². The first kappa shape index (κ1) is 10.5. The minimum atomic E-state index is -4.35. The van der Waals surface area contributed by atoms with Gasteiger partial charge in [0.2, 0.25) is 0 Å². The van der Waals surface area contributed by atoms with E-state index in [1.54, 1.807) is 0 Å². The third-order valence-electron chi connectivity index (χ3n) is 1.43. The molecule has 0 atom stereocenters. The summed E-state index contributed by atoms with van der Waals surface area (Å²) in [6.07, 6.45) is -2.12. The monoisotopic (exact) mass is 200 g/mol. The average Bonchev–Trinajstić information content (AvgIpc) is 2.14. The summed E-state index contributed by atoms with van der Waals surface area (Å²) in [5.41, 5.74) is -0.743. The minimum Gasteiger partial charge on any atom is -0.408 e. The molecule has 0 amide bonds. The third-order valence-corrected chi connectivity index (χ3v) is 1.43. The molecule has 14 heavy (non-hydrogen) atoms. The third kappa shape index (κ3) is 2.70. The van der Waals surface area contributed by atoms with Crippen LogP contribution in [0, 0.1) is 12.0 Å². The van der Waals surface area contributed by atoms with Crippen molar-refractivity contribution < 1.29 is 17.9 Å². The summed E-state index contributed by atoms with van der Waals surface area (Å²) in [7, 11) is 0. The SMILES string of the molecule is CC#COc1cccc(C(F)(F)F)c1. The molecule has 0 fully saturated rings. The van der Waals surface area contributed by atoms with Gasteiger partial charge in [0.25, 0.3) is 0 Å². The molecule has 0 aliphatic heterocycles. The van der Waals surface area contributed by atoms with Gasteiger partial charge in [-0.2, -0.15) is 13.2 Å². The average molecular weight is 200 g/mol. The highest BCUT2D eigenvalue weighted by atomic mass is 19.4. The summed E-state index contributed by atoms with van der Waals surface area (Å²) in [5, 5.41) is 0. The van der Waals surface area contributed by atoms with Crippen molar-refractivity contribution in [3.63, 3.8) is 0 Å². The Morgan fingerprint density at radius 3 is 2.57 bits per heavy atom. The summed E-state index contributed by atoms with van der Waals surface area (Å²) in [6, 6.07) is 4.58. The number of hydrogen-bond donors (Lipinski definition) is 0. The van der Waals surface area contributed by atoms with E-state index in [-0.39, 0.29) is 5.75 Å². The van der Waals surface area contributed by atoms with Gasteiger partial charge < -0.3 is 4.74 Å². The van der Waals surface area contributed by atoms with Crippen LogP contribution in [0.1, 0.15) is 12.5 Å². The largest absolute Gasteiger partial charge is 0.416 e.